The van der Waals surface area contributed by atoms with Crippen LogP contribution in [-0.4, -0.2) is 50.3 Å². The summed E-state index contributed by atoms with van der Waals surface area (Å²) in [5.41, 5.74) is 3.82. The first-order valence-corrected chi connectivity index (χ1v) is 8.04. The van der Waals surface area contributed by atoms with E-state index in [1.165, 1.54) is 16.7 Å². The first-order chi connectivity index (χ1) is 10.6. The van der Waals surface area contributed by atoms with Crippen molar-refractivity contribution < 1.29 is 14.3 Å². The standard InChI is InChI=1S/C18H27NO3/c1-14-4-5-16(12-15(14)2)6-7-18(20)19-9-11-22-17(13-19)8-10-21-3/h4-5,12,17H,6-11,13H2,1-3H3/t17-/m1/s1. The lowest BCUT2D eigenvalue weighted by Crippen LogP contribution is -2.46. The van der Waals surface area contributed by atoms with Gasteiger partial charge in [0.2, 0.25) is 5.91 Å². The van der Waals surface area contributed by atoms with Crippen LogP contribution in [0.4, 0.5) is 0 Å². The second-order valence-electron chi connectivity index (χ2n) is 6.03. The zero-order valence-corrected chi connectivity index (χ0v) is 13.9. The molecular weight excluding hydrogens is 278 g/mol. The highest BCUT2D eigenvalue weighted by molar-refractivity contribution is 5.76. The summed E-state index contributed by atoms with van der Waals surface area (Å²) in [6, 6.07) is 6.43. The lowest BCUT2D eigenvalue weighted by molar-refractivity contribution is -0.139. The molecule has 0 radical (unpaired) electrons. The predicted octanol–water partition coefficient (Wildman–Crippen LogP) is 2.50. The van der Waals surface area contributed by atoms with Crippen LogP contribution in [0.5, 0.6) is 0 Å². The van der Waals surface area contributed by atoms with E-state index >= 15 is 0 Å². The van der Waals surface area contributed by atoms with E-state index in [1.807, 2.05) is 4.90 Å². The van der Waals surface area contributed by atoms with Crippen molar-refractivity contribution in [3.63, 3.8) is 0 Å². The second-order valence-corrected chi connectivity index (χ2v) is 6.03. The van der Waals surface area contributed by atoms with E-state index in [-0.39, 0.29) is 12.0 Å². The number of benzene rings is 1. The molecule has 1 aromatic rings. The van der Waals surface area contributed by atoms with E-state index in [4.69, 9.17) is 9.47 Å². The van der Waals surface area contributed by atoms with Crippen molar-refractivity contribution in [3.8, 4) is 0 Å². The molecule has 1 aromatic carbocycles. The molecule has 1 heterocycles. The van der Waals surface area contributed by atoms with Gasteiger partial charge >= 0.3 is 0 Å². The maximum atomic E-state index is 12.4. The summed E-state index contributed by atoms with van der Waals surface area (Å²) in [5, 5.41) is 0. The molecule has 0 saturated carbocycles. The molecular formula is C18H27NO3. The van der Waals surface area contributed by atoms with Crippen LogP contribution in [0, 0.1) is 13.8 Å². The summed E-state index contributed by atoms with van der Waals surface area (Å²) in [4.78, 5) is 14.3. The molecule has 4 heteroatoms. The smallest absolute Gasteiger partial charge is 0.223 e. The number of ether oxygens (including phenoxy) is 2. The first kappa shape index (κ1) is 17.0. The Kier molecular flexibility index (Phi) is 6.40. The molecule has 1 saturated heterocycles. The van der Waals surface area contributed by atoms with Crippen molar-refractivity contribution in [2.24, 2.45) is 0 Å². The van der Waals surface area contributed by atoms with E-state index in [0.717, 1.165) is 12.8 Å². The molecule has 0 spiro atoms. The quantitative estimate of drug-likeness (QED) is 0.810. The summed E-state index contributed by atoms with van der Waals surface area (Å²) >= 11 is 0. The van der Waals surface area contributed by atoms with Gasteiger partial charge < -0.3 is 14.4 Å². The molecule has 1 atom stereocenters. The molecule has 1 fully saturated rings. The van der Waals surface area contributed by atoms with Crippen LogP contribution in [0.3, 0.4) is 0 Å². The van der Waals surface area contributed by atoms with E-state index < -0.39 is 0 Å². The van der Waals surface area contributed by atoms with Crippen LogP contribution in [0.1, 0.15) is 29.5 Å². The topological polar surface area (TPSA) is 38.8 Å². The number of hydrogen-bond acceptors (Lipinski definition) is 3. The molecule has 0 bridgehead atoms. The van der Waals surface area contributed by atoms with Crippen LogP contribution in [0.15, 0.2) is 18.2 Å². The monoisotopic (exact) mass is 305 g/mol. The summed E-state index contributed by atoms with van der Waals surface area (Å²) in [6.45, 7) is 6.92. The highest BCUT2D eigenvalue weighted by atomic mass is 16.5. The second kappa shape index (κ2) is 8.30. The minimum atomic E-state index is 0.110. The third-order valence-electron chi connectivity index (χ3n) is 4.33. The van der Waals surface area contributed by atoms with Crippen LogP contribution < -0.4 is 0 Å². The van der Waals surface area contributed by atoms with Crippen molar-refractivity contribution in [1.82, 2.24) is 4.90 Å². The normalized spacial score (nSPS) is 18.5. The average Bonchev–Trinajstić information content (AvgIpc) is 2.54. The number of methoxy groups -OCH3 is 1. The molecule has 0 aromatic heterocycles. The molecule has 0 N–H and O–H groups in total. The Hall–Kier alpha value is -1.39. The largest absolute Gasteiger partial charge is 0.385 e. The average molecular weight is 305 g/mol. The number of rotatable bonds is 6. The molecule has 122 valence electrons. The van der Waals surface area contributed by atoms with Gasteiger partial charge in [0.05, 0.1) is 12.7 Å². The SMILES string of the molecule is COCC[C@@H]1CN(C(=O)CCc2ccc(C)c(C)c2)CCO1. The predicted molar refractivity (Wildman–Crippen MR) is 87.1 cm³/mol. The number of nitrogens with zero attached hydrogens (tertiary/aromatic N) is 1. The minimum Gasteiger partial charge on any atom is -0.385 e. The van der Waals surface area contributed by atoms with Gasteiger partial charge in [0.15, 0.2) is 0 Å². The van der Waals surface area contributed by atoms with Gasteiger partial charge in [-0.3, -0.25) is 4.79 Å². The van der Waals surface area contributed by atoms with Gasteiger partial charge in [0, 0.05) is 33.2 Å². The molecule has 0 aliphatic carbocycles. The fraction of sp³-hybridized carbons (Fsp3) is 0.611. The van der Waals surface area contributed by atoms with E-state index in [0.29, 0.717) is 32.7 Å². The lowest BCUT2D eigenvalue weighted by atomic mass is 10.0. The van der Waals surface area contributed by atoms with Crippen LogP contribution in [0.2, 0.25) is 0 Å². The van der Waals surface area contributed by atoms with Gasteiger partial charge in [-0.25, -0.2) is 0 Å². The maximum Gasteiger partial charge on any atom is 0.223 e. The Balaban J connectivity index is 1.82. The van der Waals surface area contributed by atoms with Crippen molar-refractivity contribution in [3.05, 3.63) is 34.9 Å². The minimum absolute atomic E-state index is 0.110. The number of carbonyl (C=O) groups is 1. The summed E-state index contributed by atoms with van der Waals surface area (Å²) in [7, 11) is 1.69. The summed E-state index contributed by atoms with van der Waals surface area (Å²) in [5.74, 6) is 0.226. The fourth-order valence-corrected chi connectivity index (χ4v) is 2.74. The van der Waals surface area contributed by atoms with Crippen LogP contribution in [-0.2, 0) is 20.7 Å². The zero-order valence-electron chi connectivity index (χ0n) is 13.9. The molecule has 2 rings (SSSR count). The van der Waals surface area contributed by atoms with Crippen molar-refractivity contribution >= 4 is 5.91 Å². The molecule has 1 aliphatic rings. The van der Waals surface area contributed by atoms with Crippen molar-refractivity contribution in [2.45, 2.75) is 39.2 Å². The highest BCUT2D eigenvalue weighted by Crippen LogP contribution is 2.14. The van der Waals surface area contributed by atoms with E-state index in [9.17, 15) is 4.79 Å². The van der Waals surface area contributed by atoms with Crippen LogP contribution in [0.25, 0.3) is 0 Å². The number of carbonyl (C=O) groups excluding carboxylic acids is 1. The molecule has 1 aliphatic heterocycles. The third kappa shape index (κ3) is 4.82. The Morgan fingerprint density at radius 1 is 1.36 bits per heavy atom. The third-order valence-corrected chi connectivity index (χ3v) is 4.33. The van der Waals surface area contributed by atoms with Gasteiger partial charge in [-0.1, -0.05) is 18.2 Å². The van der Waals surface area contributed by atoms with Gasteiger partial charge in [-0.2, -0.15) is 0 Å². The molecule has 4 nitrogen and oxygen atoms in total. The zero-order chi connectivity index (χ0) is 15.9. The maximum absolute atomic E-state index is 12.4. The van der Waals surface area contributed by atoms with Gasteiger partial charge in [-0.15, -0.1) is 0 Å². The Bertz CT molecular complexity index is 501. The van der Waals surface area contributed by atoms with Gasteiger partial charge in [0.1, 0.15) is 0 Å². The number of aryl methyl sites for hydroxylation is 3. The Labute approximate surface area is 133 Å². The van der Waals surface area contributed by atoms with E-state index in [1.54, 1.807) is 7.11 Å². The Morgan fingerprint density at radius 3 is 2.91 bits per heavy atom. The first-order valence-electron chi connectivity index (χ1n) is 8.04. The lowest BCUT2D eigenvalue weighted by Gasteiger charge is -2.33. The number of morpholine rings is 1. The van der Waals surface area contributed by atoms with Crippen LogP contribution >= 0.6 is 0 Å². The summed E-state index contributed by atoms with van der Waals surface area (Å²) in [6.07, 6.45) is 2.33. The summed E-state index contributed by atoms with van der Waals surface area (Å²) < 4.78 is 10.8. The van der Waals surface area contributed by atoms with Crippen molar-refractivity contribution in [2.75, 3.05) is 33.4 Å². The number of amides is 1. The Morgan fingerprint density at radius 2 is 2.18 bits per heavy atom. The van der Waals surface area contributed by atoms with Gasteiger partial charge in [0.25, 0.3) is 0 Å². The molecule has 0 unspecified atom stereocenters. The molecule has 22 heavy (non-hydrogen) atoms. The fourth-order valence-electron chi connectivity index (χ4n) is 2.74. The number of hydrogen-bond donors (Lipinski definition) is 0. The highest BCUT2D eigenvalue weighted by Gasteiger charge is 2.23. The van der Waals surface area contributed by atoms with Crippen molar-refractivity contribution in [1.29, 1.82) is 0 Å². The van der Waals surface area contributed by atoms with Gasteiger partial charge in [-0.05, 0) is 43.4 Å². The van der Waals surface area contributed by atoms with E-state index in [2.05, 4.69) is 32.0 Å². The molecule has 1 amide bonds.